The van der Waals surface area contributed by atoms with Gasteiger partial charge in [0.05, 0.1) is 6.54 Å². The van der Waals surface area contributed by atoms with Crippen LogP contribution in [-0.4, -0.2) is 36.6 Å². The summed E-state index contributed by atoms with van der Waals surface area (Å²) in [7, 11) is 0. The van der Waals surface area contributed by atoms with E-state index in [0.717, 1.165) is 6.42 Å². The monoisotopic (exact) mass is 306 g/mol. The second-order valence-corrected chi connectivity index (χ2v) is 5.83. The van der Waals surface area contributed by atoms with Gasteiger partial charge in [-0.15, -0.1) is 11.3 Å². The van der Waals surface area contributed by atoms with Crippen molar-refractivity contribution in [2.75, 3.05) is 19.6 Å². The maximum absolute atomic E-state index is 11.9. The number of thiophene rings is 1. The number of amides is 1. The first kappa shape index (κ1) is 15.3. The van der Waals surface area contributed by atoms with Crippen molar-refractivity contribution in [3.05, 3.63) is 21.9 Å². The lowest BCUT2D eigenvalue weighted by atomic mass is 10.1. The molecule has 0 saturated heterocycles. The quantitative estimate of drug-likeness (QED) is 0.848. The van der Waals surface area contributed by atoms with Crippen molar-refractivity contribution in [2.45, 2.75) is 32.0 Å². The maximum Gasteiger partial charge on any atom is 0.389 e. The summed E-state index contributed by atoms with van der Waals surface area (Å²) < 4.78 is 35.8. The molecule has 0 saturated carbocycles. The van der Waals surface area contributed by atoms with E-state index < -0.39 is 12.6 Å². The average molecular weight is 306 g/mol. The fraction of sp³-hybridized carbons (Fsp3) is 0.615. The van der Waals surface area contributed by atoms with E-state index in [0.29, 0.717) is 13.1 Å². The third kappa shape index (κ3) is 4.49. The smallest absolute Gasteiger partial charge is 0.337 e. The van der Waals surface area contributed by atoms with E-state index in [1.54, 1.807) is 16.2 Å². The number of nitrogens with zero attached hydrogens (tertiary/aromatic N) is 1. The van der Waals surface area contributed by atoms with Gasteiger partial charge < -0.3 is 10.2 Å². The predicted octanol–water partition coefficient (Wildman–Crippen LogP) is 2.56. The molecule has 0 fully saturated rings. The summed E-state index contributed by atoms with van der Waals surface area (Å²) in [4.78, 5) is 15.0. The number of hydrogen-bond donors (Lipinski definition) is 1. The molecular formula is C13H17F3N2OS. The van der Waals surface area contributed by atoms with Gasteiger partial charge in [0, 0.05) is 24.4 Å². The highest BCUT2D eigenvalue weighted by Crippen LogP contribution is 2.24. The van der Waals surface area contributed by atoms with Crippen LogP contribution in [0.5, 0.6) is 0 Å². The lowest BCUT2D eigenvalue weighted by Crippen LogP contribution is -2.41. The van der Waals surface area contributed by atoms with Crippen LogP contribution in [0, 0.1) is 0 Å². The Bertz CT molecular complexity index is 459. The summed E-state index contributed by atoms with van der Waals surface area (Å²) >= 11 is 1.71. The molecule has 0 bridgehead atoms. The molecular weight excluding hydrogens is 289 g/mol. The Morgan fingerprint density at radius 1 is 1.45 bits per heavy atom. The van der Waals surface area contributed by atoms with Gasteiger partial charge in [0.1, 0.15) is 0 Å². The Balaban J connectivity index is 1.66. The second-order valence-electron chi connectivity index (χ2n) is 4.83. The van der Waals surface area contributed by atoms with Gasteiger partial charge in [-0.05, 0) is 36.4 Å². The Hall–Kier alpha value is -1.08. The SMILES string of the molecule is O=C(CNCCCC(F)(F)F)N1CCc2sccc2C1. The van der Waals surface area contributed by atoms with Gasteiger partial charge in [-0.2, -0.15) is 13.2 Å². The minimum Gasteiger partial charge on any atom is -0.337 e. The normalized spacial score (nSPS) is 15.2. The zero-order valence-electron chi connectivity index (χ0n) is 11.0. The lowest BCUT2D eigenvalue weighted by Gasteiger charge is -2.27. The molecule has 1 aromatic heterocycles. The number of halogens is 3. The van der Waals surface area contributed by atoms with E-state index in [4.69, 9.17) is 0 Å². The lowest BCUT2D eigenvalue weighted by molar-refractivity contribution is -0.135. The molecule has 112 valence electrons. The highest BCUT2D eigenvalue weighted by molar-refractivity contribution is 7.10. The van der Waals surface area contributed by atoms with E-state index in [2.05, 4.69) is 5.32 Å². The molecule has 2 heterocycles. The first-order chi connectivity index (χ1) is 9.46. The van der Waals surface area contributed by atoms with E-state index in [9.17, 15) is 18.0 Å². The molecule has 0 radical (unpaired) electrons. The molecule has 1 aliphatic rings. The first-order valence-corrected chi connectivity index (χ1v) is 7.44. The molecule has 1 aliphatic heterocycles. The molecule has 3 nitrogen and oxygen atoms in total. The van der Waals surface area contributed by atoms with E-state index in [-0.39, 0.29) is 25.4 Å². The summed E-state index contributed by atoms with van der Waals surface area (Å²) in [6, 6.07) is 2.02. The Labute approximate surface area is 119 Å². The van der Waals surface area contributed by atoms with Crippen LogP contribution in [-0.2, 0) is 17.8 Å². The van der Waals surface area contributed by atoms with Crippen LogP contribution in [0.3, 0.4) is 0 Å². The van der Waals surface area contributed by atoms with Gasteiger partial charge in [-0.3, -0.25) is 4.79 Å². The van der Waals surface area contributed by atoms with Crippen LogP contribution in [0.25, 0.3) is 0 Å². The van der Waals surface area contributed by atoms with Crippen molar-refractivity contribution >= 4 is 17.2 Å². The highest BCUT2D eigenvalue weighted by atomic mass is 32.1. The molecule has 20 heavy (non-hydrogen) atoms. The van der Waals surface area contributed by atoms with Crippen molar-refractivity contribution in [1.82, 2.24) is 10.2 Å². The first-order valence-electron chi connectivity index (χ1n) is 6.56. The van der Waals surface area contributed by atoms with Crippen LogP contribution < -0.4 is 5.32 Å². The van der Waals surface area contributed by atoms with Crippen molar-refractivity contribution in [2.24, 2.45) is 0 Å². The van der Waals surface area contributed by atoms with Crippen molar-refractivity contribution in [1.29, 1.82) is 0 Å². The summed E-state index contributed by atoms with van der Waals surface area (Å²) in [6.07, 6.45) is -4.05. The largest absolute Gasteiger partial charge is 0.389 e. The molecule has 1 N–H and O–H groups in total. The third-order valence-electron chi connectivity index (χ3n) is 3.25. The van der Waals surface area contributed by atoms with E-state index >= 15 is 0 Å². The Morgan fingerprint density at radius 3 is 3.00 bits per heavy atom. The summed E-state index contributed by atoms with van der Waals surface area (Å²) in [5, 5.41) is 4.81. The number of nitrogens with one attached hydrogen (secondary N) is 1. The predicted molar refractivity (Wildman–Crippen MR) is 71.6 cm³/mol. The number of carbonyl (C=O) groups is 1. The molecule has 0 aliphatic carbocycles. The average Bonchev–Trinajstić information content (AvgIpc) is 2.83. The molecule has 0 spiro atoms. The second kappa shape index (κ2) is 6.58. The molecule has 0 unspecified atom stereocenters. The minimum atomic E-state index is -4.12. The minimum absolute atomic E-state index is 0.00542. The van der Waals surface area contributed by atoms with Gasteiger partial charge in [-0.1, -0.05) is 0 Å². The zero-order valence-corrected chi connectivity index (χ0v) is 11.8. The Morgan fingerprint density at radius 2 is 2.25 bits per heavy atom. The molecule has 1 aromatic rings. The standard InChI is InChI=1S/C13H17F3N2OS/c14-13(15,16)4-1-5-17-8-12(19)18-6-2-11-10(9-18)3-7-20-11/h3,7,17H,1-2,4-6,8-9H2. The fourth-order valence-electron chi connectivity index (χ4n) is 2.18. The topological polar surface area (TPSA) is 32.3 Å². The summed E-state index contributed by atoms with van der Waals surface area (Å²) in [6.45, 7) is 1.62. The van der Waals surface area contributed by atoms with Gasteiger partial charge >= 0.3 is 6.18 Å². The van der Waals surface area contributed by atoms with E-state index in [1.165, 1.54) is 10.4 Å². The number of fused-ring (bicyclic) bond motifs is 1. The van der Waals surface area contributed by atoms with Crippen LogP contribution in [0.4, 0.5) is 13.2 Å². The molecule has 2 rings (SSSR count). The van der Waals surface area contributed by atoms with Crippen molar-refractivity contribution < 1.29 is 18.0 Å². The number of alkyl halides is 3. The molecule has 0 aromatic carbocycles. The highest BCUT2D eigenvalue weighted by Gasteiger charge is 2.26. The van der Waals surface area contributed by atoms with Gasteiger partial charge in [0.25, 0.3) is 0 Å². The molecule has 0 atom stereocenters. The van der Waals surface area contributed by atoms with Crippen LogP contribution in [0.2, 0.25) is 0 Å². The Kier molecular flexibility index (Phi) is 5.04. The van der Waals surface area contributed by atoms with Crippen LogP contribution in [0.1, 0.15) is 23.3 Å². The third-order valence-corrected chi connectivity index (χ3v) is 4.27. The number of rotatable bonds is 5. The molecule has 7 heteroatoms. The van der Waals surface area contributed by atoms with Crippen molar-refractivity contribution in [3.63, 3.8) is 0 Å². The molecule has 1 amide bonds. The van der Waals surface area contributed by atoms with Gasteiger partial charge in [0.15, 0.2) is 0 Å². The summed E-state index contributed by atoms with van der Waals surface area (Å²) in [5.74, 6) is -0.0474. The van der Waals surface area contributed by atoms with Crippen molar-refractivity contribution in [3.8, 4) is 0 Å². The fourth-order valence-corrected chi connectivity index (χ4v) is 3.07. The number of hydrogen-bond acceptors (Lipinski definition) is 3. The van der Waals surface area contributed by atoms with Crippen LogP contribution >= 0.6 is 11.3 Å². The zero-order chi connectivity index (χ0) is 14.6. The maximum atomic E-state index is 11.9. The van der Waals surface area contributed by atoms with Gasteiger partial charge in [-0.25, -0.2) is 0 Å². The van der Waals surface area contributed by atoms with Crippen LogP contribution in [0.15, 0.2) is 11.4 Å². The van der Waals surface area contributed by atoms with E-state index in [1.807, 2.05) is 11.4 Å². The number of carbonyl (C=O) groups excluding carboxylic acids is 1. The summed E-state index contributed by atoms with van der Waals surface area (Å²) in [5.41, 5.74) is 1.19. The van der Waals surface area contributed by atoms with Gasteiger partial charge in [0.2, 0.25) is 5.91 Å².